The highest BCUT2D eigenvalue weighted by Gasteiger charge is 2.37. The minimum absolute atomic E-state index is 0.267. The van der Waals surface area contributed by atoms with Crippen LogP contribution in [0.5, 0.6) is 0 Å². The first-order valence-electron chi connectivity index (χ1n) is 9.98. The van der Waals surface area contributed by atoms with E-state index in [1.807, 2.05) is 11.3 Å². The van der Waals surface area contributed by atoms with Crippen molar-refractivity contribution in [3.63, 3.8) is 0 Å². The van der Waals surface area contributed by atoms with E-state index in [9.17, 15) is 0 Å². The van der Waals surface area contributed by atoms with Gasteiger partial charge in [0.2, 0.25) is 0 Å². The second-order valence-electron chi connectivity index (χ2n) is 9.43. The maximum Gasteiger partial charge on any atom is 0.0963 e. The first-order chi connectivity index (χ1) is 11.9. The van der Waals surface area contributed by atoms with Crippen molar-refractivity contribution in [2.45, 2.75) is 89.4 Å². The summed E-state index contributed by atoms with van der Waals surface area (Å²) in [7, 11) is 0. The molecule has 1 heterocycles. The van der Waals surface area contributed by atoms with E-state index in [1.54, 1.807) is 0 Å². The lowest BCUT2D eigenvalue weighted by Gasteiger charge is -2.42. The third-order valence-corrected chi connectivity index (χ3v) is 7.63. The van der Waals surface area contributed by atoms with Crippen molar-refractivity contribution in [3.8, 4) is 11.3 Å². The van der Waals surface area contributed by atoms with Crippen LogP contribution in [0.3, 0.4) is 0 Å². The molecule has 25 heavy (non-hydrogen) atoms. The molecule has 0 spiro atoms. The highest BCUT2D eigenvalue weighted by molar-refractivity contribution is 7.10. The summed E-state index contributed by atoms with van der Waals surface area (Å²) in [6, 6.07) is 7.13. The van der Waals surface area contributed by atoms with Gasteiger partial charge < -0.3 is 0 Å². The lowest BCUT2D eigenvalue weighted by molar-refractivity contribution is 0.332. The number of fused-ring (bicyclic) bond motifs is 1. The number of aromatic nitrogens is 1. The van der Waals surface area contributed by atoms with E-state index in [1.165, 1.54) is 72.3 Å². The first-order valence-corrected chi connectivity index (χ1v) is 10.9. The Morgan fingerprint density at radius 2 is 1.60 bits per heavy atom. The number of rotatable bonds is 2. The lowest BCUT2D eigenvalue weighted by atomic mass is 9.63. The van der Waals surface area contributed by atoms with Gasteiger partial charge in [-0.2, -0.15) is 0 Å². The molecule has 0 atom stereocenters. The van der Waals surface area contributed by atoms with E-state index < -0.39 is 0 Å². The molecule has 1 saturated carbocycles. The SMILES string of the molecule is CC1(C)CCC(C)(C)c2cc(-c3csc(C4CCCCC4)n3)ccc21. The van der Waals surface area contributed by atoms with E-state index in [0.29, 0.717) is 11.3 Å². The monoisotopic (exact) mass is 353 g/mol. The third kappa shape index (κ3) is 3.18. The Labute approximate surface area is 156 Å². The van der Waals surface area contributed by atoms with Crippen LogP contribution in [0, 0.1) is 0 Å². The van der Waals surface area contributed by atoms with Crippen molar-refractivity contribution in [1.29, 1.82) is 0 Å². The maximum atomic E-state index is 5.06. The van der Waals surface area contributed by atoms with Crippen molar-refractivity contribution in [3.05, 3.63) is 39.7 Å². The molecule has 1 fully saturated rings. The van der Waals surface area contributed by atoms with Crippen molar-refractivity contribution < 1.29 is 0 Å². The van der Waals surface area contributed by atoms with Gasteiger partial charge in [0.25, 0.3) is 0 Å². The fourth-order valence-corrected chi connectivity index (χ4v) is 5.71. The second-order valence-corrected chi connectivity index (χ2v) is 10.3. The van der Waals surface area contributed by atoms with Crippen LogP contribution in [0.2, 0.25) is 0 Å². The molecular weight excluding hydrogens is 322 g/mol. The number of hydrogen-bond donors (Lipinski definition) is 0. The highest BCUT2D eigenvalue weighted by atomic mass is 32.1. The molecule has 0 bridgehead atoms. The van der Waals surface area contributed by atoms with Crippen molar-refractivity contribution in [2.75, 3.05) is 0 Å². The zero-order valence-corrected chi connectivity index (χ0v) is 17.0. The van der Waals surface area contributed by atoms with E-state index in [2.05, 4.69) is 51.3 Å². The summed E-state index contributed by atoms with van der Waals surface area (Å²) < 4.78 is 0. The molecule has 1 nitrogen and oxygen atoms in total. The zero-order valence-electron chi connectivity index (χ0n) is 16.2. The fraction of sp³-hybridized carbons (Fsp3) is 0.609. The molecule has 134 valence electrons. The number of thiazole rings is 1. The minimum Gasteiger partial charge on any atom is -0.241 e. The van der Waals surface area contributed by atoms with Gasteiger partial charge in [-0.3, -0.25) is 0 Å². The summed E-state index contributed by atoms with van der Waals surface area (Å²) >= 11 is 1.88. The van der Waals surface area contributed by atoms with E-state index >= 15 is 0 Å². The molecule has 0 amide bonds. The molecule has 2 aromatic rings. The molecule has 0 radical (unpaired) electrons. The molecule has 0 unspecified atom stereocenters. The predicted octanol–water partition coefficient (Wildman–Crippen LogP) is 7.21. The zero-order chi connectivity index (χ0) is 17.7. The van der Waals surface area contributed by atoms with Gasteiger partial charge in [-0.1, -0.05) is 59.1 Å². The molecule has 0 aliphatic heterocycles. The van der Waals surface area contributed by atoms with Crippen LogP contribution >= 0.6 is 11.3 Å². The molecule has 2 heteroatoms. The van der Waals surface area contributed by atoms with Gasteiger partial charge in [-0.15, -0.1) is 11.3 Å². The van der Waals surface area contributed by atoms with Crippen LogP contribution in [0.4, 0.5) is 0 Å². The van der Waals surface area contributed by atoms with Gasteiger partial charge >= 0.3 is 0 Å². The van der Waals surface area contributed by atoms with E-state index in [-0.39, 0.29) is 5.41 Å². The second kappa shape index (κ2) is 6.23. The lowest BCUT2D eigenvalue weighted by Crippen LogP contribution is -2.33. The topological polar surface area (TPSA) is 12.9 Å². The normalized spacial score (nSPS) is 22.6. The van der Waals surface area contributed by atoms with Gasteiger partial charge in [0.1, 0.15) is 0 Å². The maximum absolute atomic E-state index is 5.06. The molecule has 0 saturated heterocycles. The molecule has 1 aromatic carbocycles. The quantitative estimate of drug-likeness (QED) is 0.556. The molecule has 4 rings (SSSR count). The number of hydrogen-bond acceptors (Lipinski definition) is 2. The fourth-order valence-electron chi connectivity index (χ4n) is 4.71. The first kappa shape index (κ1) is 17.3. The Bertz CT molecular complexity index is 762. The summed E-state index contributed by atoms with van der Waals surface area (Å²) in [4.78, 5) is 5.06. The molecule has 2 aliphatic rings. The van der Waals surface area contributed by atoms with E-state index in [0.717, 1.165) is 0 Å². The Hall–Kier alpha value is -1.15. The summed E-state index contributed by atoms with van der Waals surface area (Å²) in [5, 5.41) is 3.65. The molecule has 2 aliphatic carbocycles. The van der Waals surface area contributed by atoms with Crippen molar-refractivity contribution >= 4 is 11.3 Å². The smallest absolute Gasteiger partial charge is 0.0963 e. The van der Waals surface area contributed by atoms with Crippen LogP contribution in [-0.2, 0) is 10.8 Å². The average molecular weight is 354 g/mol. The Morgan fingerprint density at radius 3 is 2.32 bits per heavy atom. The summed E-state index contributed by atoms with van der Waals surface area (Å²) in [5.41, 5.74) is 6.13. The third-order valence-electron chi connectivity index (χ3n) is 6.62. The highest BCUT2D eigenvalue weighted by Crippen LogP contribution is 2.47. The van der Waals surface area contributed by atoms with Gasteiger partial charge in [-0.25, -0.2) is 4.98 Å². The summed E-state index contributed by atoms with van der Waals surface area (Å²) in [6.45, 7) is 9.59. The summed E-state index contributed by atoms with van der Waals surface area (Å²) in [5.74, 6) is 0.709. The van der Waals surface area contributed by atoms with Gasteiger partial charge in [-0.05, 0) is 53.7 Å². The Balaban J connectivity index is 1.69. The average Bonchev–Trinajstić information content (AvgIpc) is 3.10. The predicted molar refractivity (Wildman–Crippen MR) is 109 cm³/mol. The number of nitrogens with zero attached hydrogens (tertiary/aromatic N) is 1. The standard InChI is InChI=1S/C23H31NS/c1-22(2)12-13-23(3,4)19-14-17(10-11-18(19)22)20-15-25-21(24-20)16-8-6-5-7-9-16/h10-11,14-16H,5-9,12-13H2,1-4H3. The van der Waals surface area contributed by atoms with Crippen LogP contribution in [0.15, 0.2) is 23.6 Å². The van der Waals surface area contributed by atoms with Crippen LogP contribution in [0.1, 0.15) is 94.7 Å². The van der Waals surface area contributed by atoms with Crippen molar-refractivity contribution in [1.82, 2.24) is 4.98 Å². The van der Waals surface area contributed by atoms with E-state index in [4.69, 9.17) is 4.98 Å². The van der Waals surface area contributed by atoms with Gasteiger partial charge in [0.15, 0.2) is 0 Å². The van der Waals surface area contributed by atoms with Crippen molar-refractivity contribution in [2.24, 2.45) is 0 Å². The number of benzene rings is 1. The Morgan fingerprint density at radius 1 is 0.920 bits per heavy atom. The van der Waals surface area contributed by atoms with Crippen LogP contribution < -0.4 is 0 Å². The minimum atomic E-state index is 0.267. The summed E-state index contributed by atoms with van der Waals surface area (Å²) in [6.07, 6.45) is 9.36. The molecule has 0 N–H and O–H groups in total. The van der Waals surface area contributed by atoms with Crippen LogP contribution in [0.25, 0.3) is 11.3 Å². The van der Waals surface area contributed by atoms with Crippen LogP contribution in [-0.4, -0.2) is 4.98 Å². The Kier molecular flexibility index (Phi) is 4.30. The van der Waals surface area contributed by atoms with Gasteiger partial charge in [0.05, 0.1) is 10.7 Å². The van der Waals surface area contributed by atoms with Gasteiger partial charge in [0, 0.05) is 16.9 Å². The molecular formula is C23H31NS. The largest absolute Gasteiger partial charge is 0.241 e. The molecule has 1 aromatic heterocycles.